The Balaban J connectivity index is 2.75. The largest absolute Gasteiger partial charge is 0.434 e. The normalized spacial score (nSPS) is 14.4. The van der Waals surface area contributed by atoms with Crippen molar-refractivity contribution in [2.45, 2.75) is 19.1 Å². The van der Waals surface area contributed by atoms with Gasteiger partial charge in [-0.3, -0.25) is 0 Å². The minimum atomic E-state index is -2.97. The van der Waals surface area contributed by atoms with E-state index in [-0.39, 0.29) is 11.3 Å². The number of fused-ring (bicyclic) bond motifs is 1. The van der Waals surface area contributed by atoms with Gasteiger partial charge in [0.25, 0.3) is 0 Å². The Morgan fingerprint density at radius 1 is 1.26 bits per heavy atom. The smallest absolute Gasteiger partial charge is 0.387 e. The van der Waals surface area contributed by atoms with Gasteiger partial charge in [0, 0.05) is 5.56 Å². The molecule has 19 heavy (non-hydrogen) atoms. The molecule has 0 fully saturated rings. The van der Waals surface area contributed by atoms with Crippen LogP contribution in [0.2, 0.25) is 0 Å². The molecule has 0 radical (unpaired) electrons. The molecule has 0 aliphatic carbocycles. The van der Waals surface area contributed by atoms with Gasteiger partial charge in [-0.05, 0) is 23.8 Å². The second-order valence-electron chi connectivity index (χ2n) is 4.44. The number of aldehydes is 1. The molecule has 0 aromatic heterocycles. The molecule has 0 bridgehead atoms. The van der Waals surface area contributed by atoms with Crippen molar-refractivity contribution in [3.8, 4) is 5.75 Å². The lowest BCUT2D eigenvalue weighted by Crippen LogP contribution is -2.35. The standard InChI is InChI=1S/C14H13F2NO2/c1-14(17,8-18)12-10-5-3-2-4-9(10)6-7-11(12)19-13(15)16/h2-8,13H,17H2,1H3. The number of rotatable bonds is 4. The van der Waals surface area contributed by atoms with Crippen molar-refractivity contribution in [3.63, 3.8) is 0 Å². The van der Waals surface area contributed by atoms with Crippen LogP contribution in [0.3, 0.4) is 0 Å². The summed E-state index contributed by atoms with van der Waals surface area (Å²) in [5, 5.41) is 1.43. The number of alkyl halides is 2. The van der Waals surface area contributed by atoms with E-state index >= 15 is 0 Å². The Hall–Kier alpha value is -2.01. The van der Waals surface area contributed by atoms with Gasteiger partial charge in [-0.2, -0.15) is 8.78 Å². The van der Waals surface area contributed by atoms with Gasteiger partial charge in [0.2, 0.25) is 0 Å². The molecule has 2 N–H and O–H groups in total. The first kappa shape index (κ1) is 13.4. The Morgan fingerprint density at radius 3 is 2.58 bits per heavy atom. The molecule has 0 aliphatic heterocycles. The number of hydrogen-bond acceptors (Lipinski definition) is 3. The van der Waals surface area contributed by atoms with Gasteiger partial charge in [0.15, 0.2) is 0 Å². The minimum Gasteiger partial charge on any atom is -0.434 e. The highest BCUT2D eigenvalue weighted by molar-refractivity contribution is 5.92. The topological polar surface area (TPSA) is 52.3 Å². The van der Waals surface area contributed by atoms with Crippen LogP contribution in [0.5, 0.6) is 5.75 Å². The van der Waals surface area contributed by atoms with E-state index in [4.69, 9.17) is 5.73 Å². The predicted octanol–water partition coefficient (Wildman–Crippen LogP) is 2.81. The molecule has 0 amide bonds. The van der Waals surface area contributed by atoms with Gasteiger partial charge < -0.3 is 15.3 Å². The summed E-state index contributed by atoms with van der Waals surface area (Å²) < 4.78 is 29.4. The Bertz CT molecular complexity index is 611. The lowest BCUT2D eigenvalue weighted by Gasteiger charge is -2.23. The summed E-state index contributed by atoms with van der Waals surface area (Å²) in [5.41, 5.74) is 4.75. The maximum atomic E-state index is 12.4. The zero-order valence-corrected chi connectivity index (χ0v) is 10.3. The molecule has 1 unspecified atom stereocenters. The molecule has 0 saturated carbocycles. The predicted molar refractivity (Wildman–Crippen MR) is 68.2 cm³/mol. The van der Waals surface area contributed by atoms with Crippen LogP contribution in [0.25, 0.3) is 10.8 Å². The Morgan fingerprint density at radius 2 is 1.95 bits per heavy atom. The number of carbonyl (C=O) groups excluding carboxylic acids is 1. The fourth-order valence-electron chi connectivity index (χ4n) is 2.06. The van der Waals surface area contributed by atoms with Crippen molar-refractivity contribution in [1.29, 1.82) is 0 Å². The quantitative estimate of drug-likeness (QED) is 0.865. The first-order valence-corrected chi connectivity index (χ1v) is 5.68. The average Bonchev–Trinajstić information content (AvgIpc) is 2.37. The average molecular weight is 265 g/mol. The molecule has 0 spiro atoms. The molecular formula is C14H13F2NO2. The number of hydrogen-bond donors (Lipinski definition) is 1. The van der Waals surface area contributed by atoms with Gasteiger partial charge in [-0.15, -0.1) is 0 Å². The van der Waals surface area contributed by atoms with Crippen molar-refractivity contribution < 1.29 is 18.3 Å². The van der Waals surface area contributed by atoms with E-state index in [0.717, 1.165) is 5.39 Å². The van der Waals surface area contributed by atoms with Crippen LogP contribution in [-0.2, 0) is 10.3 Å². The lowest BCUT2D eigenvalue weighted by atomic mass is 9.89. The van der Waals surface area contributed by atoms with E-state index in [1.54, 1.807) is 18.2 Å². The van der Waals surface area contributed by atoms with Crippen LogP contribution in [0.15, 0.2) is 36.4 Å². The minimum absolute atomic E-state index is 0.0780. The zero-order valence-electron chi connectivity index (χ0n) is 10.3. The second kappa shape index (κ2) is 4.93. The van der Waals surface area contributed by atoms with E-state index in [0.29, 0.717) is 11.7 Å². The van der Waals surface area contributed by atoms with Crippen molar-refractivity contribution in [2.24, 2.45) is 5.73 Å². The van der Waals surface area contributed by atoms with Crippen molar-refractivity contribution in [1.82, 2.24) is 0 Å². The molecule has 2 rings (SSSR count). The molecule has 3 nitrogen and oxygen atoms in total. The molecule has 1 atom stereocenters. The maximum absolute atomic E-state index is 12.4. The fraction of sp³-hybridized carbons (Fsp3) is 0.214. The molecule has 5 heteroatoms. The molecule has 2 aromatic carbocycles. The van der Waals surface area contributed by atoms with E-state index in [2.05, 4.69) is 4.74 Å². The van der Waals surface area contributed by atoms with E-state index in [1.165, 1.54) is 13.0 Å². The highest BCUT2D eigenvalue weighted by Gasteiger charge is 2.28. The number of benzene rings is 2. The Kier molecular flexibility index (Phi) is 3.48. The van der Waals surface area contributed by atoms with Crippen molar-refractivity contribution >= 4 is 17.1 Å². The van der Waals surface area contributed by atoms with Crippen LogP contribution in [0.1, 0.15) is 12.5 Å². The first-order valence-electron chi connectivity index (χ1n) is 5.68. The summed E-state index contributed by atoms with van der Waals surface area (Å²) in [6.07, 6.45) is 0.521. The monoisotopic (exact) mass is 265 g/mol. The highest BCUT2D eigenvalue weighted by Crippen LogP contribution is 2.35. The molecule has 0 heterocycles. The number of halogens is 2. The van der Waals surface area contributed by atoms with Crippen molar-refractivity contribution in [3.05, 3.63) is 42.0 Å². The van der Waals surface area contributed by atoms with E-state index in [1.807, 2.05) is 12.1 Å². The number of carbonyl (C=O) groups is 1. The summed E-state index contributed by atoms with van der Waals surface area (Å²) in [6, 6.07) is 10.1. The van der Waals surface area contributed by atoms with Crippen LogP contribution >= 0.6 is 0 Å². The third-order valence-electron chi connectivity index (χ3n) is 2.89. The molecule has 0 saturated heterocycles. The summed E-state index contributed by atoms with van der Waals surface area (Å²) in [5.74, 6) is -0.0780. The number of ether oxygens (including phenoxy) is 1. The van der Waals surface area contributed by atoms with Gasteiger partial charge in [0.1, 0.15) is 12.0 Å². The van der Waals surface area contributed by atoms with Gasteiger partial charge in [-0.1, -0.05) is 30.3 Å². The van der Waals surface area contributed by atoms with Crippen LogP contribution < -0.4 is 10.5 Å². The van der Waals surface area contributed by atoms with E-state index < -0.39 is 12.2 Å². The van der Waals surface area contributed by atoms with E-state index in [9.17, 15) is 13.6 Å². The van der Waals surface area contributed by atoms with Crippen LogP contribution in [0.4, 0.5) is 8.78 Å². The Labute approximate surface area is 109 Å². The molecule has 0 aliphatic rings. The third-order valence-corrected chi connectivity index (χ3v) is 2.89. The highest BCUT2D eigenvalue weighted by atomic mass is 19.3. The fourth-order valence-corrected chi connectivity index (χ4v) is 2.06. The molecular weight excluding hydrogens is 252 g/mol. The summed E-state index contributed by atoms with van der Waals surface area (Å²) >= 11 is 0. The summed E-state index contributed by atoms with van der Waals surface area (Å²) in [6.45, 7) is -1.51. The SMILES string of the molecule is CC(N)(C=O)c1c(OC(F)F)ccc2ccccc12. The molecule has 100 valence electrons. The number of nitrogens with two attached hydrogens (primary N) is 1. The zero-order chi connectivity index (χ0) is 14.0. The van der Waals surface area contributed by atoms with Gasteiger partial charge >= 0.3 is 6.61 Å². The third kappa shape index (κ3) is 2.56. The second-order valence-corrected chi connectivity index (χ2v) is 4.44. The van der Waals surface area contributed by atoms with Crippen molar-refractivity contribution in [2.75, 3.05) is 0 Å². The van der Waals surface area contributed by atoms with Crippen LogP contribution in [0, 0.1) is 0 Å². The lowest BCUT2D eigenvalue weighted by molar-refractivity contribution is -0.112. The summed E-state index contributed by atoms with van der Waals surface area (Å²) in [7, 11) is 0. The maximum Gasteiger partial charge on any atom is 0.387 e. The van der Waals surface area contributed by atoms with Gasteiger partial charge in [0.05, 0.1) is 5.54 Å². The first-order chi connectivity index (χ1) is 8.95. The summed E-state index contributed by atoms with van der Waals surface area (Å²) in [4.78, 5) is 11.1. The van der Waals surface area contributed by atoms with Gasteiger partial charge in [-0.25, -0.2) is 0 Å². The molecule has 2 aromatic rings. The van der Waals surface area contributed by atoms with Crippen LogP contribution in [-0.4, -0.2) is 12.9 Å².